The molecular formula is C26H35N3O6Si. The lowest BCUT2D eigenvalue weighted by molar-refractivity contribution is 0.0983. The Kier molecular flexibility index (Phi) is 7.70. The van der Waals surface area contributed by atoms with Crippen molar-refractivity contribution >= 4 is 31.0 Å². The van der Waals surface area contributed by atoms with E-state index in [9.17, 15) is 19.8 Å². The molecule has 1 heterocycles. The summed E-state index contributed by atoms with van der Waals surface area (Å²) in [6.07, 6.45) is -1.77. The van der Waals surface area contributed by atoms with Gasteiger partial charge in [-0.05, 0) is 41.9 Å². The SMILES string of the molecule is COc1cc(N)ccc1CN(C[C@H](O[Si](C)(C)C(C)(C)C)c1ccc(O)c2[nH]c(=O)ccc12)C(=O)O. The number of hydrogen-bond acceptors (Lipinski definition) is 6. The van der Waals surface area contributed by atoms with Gasteiger partial charge in [-0.3, -0.25) is 4.79 Å². The zero-order valence-electron chi connectivity index (χ0n) is 21.6. The van der Waals surface area contributed by atoms with Crippen LogP contribution in [0.4, 0.5) is 10.5 Å². The summed E-state index contributed by atoms with van der Waals surface area (Å²) in [5, 5.41) is 21.0. The Hall–Kier alpha value is -3.50. The summed E-state index contributed by atoms with van der Waals surface area (Å²) >= 11 is 0. The molecule has 0 radical (unpaired) electrons. The van der Waals surface area contributed by atoms with E-state index in [1.54, 1.807) is 30.3 Å². The van der Waals surface area contributed by atoms with E-state index in [0.717, 1.165) is 0 Å². The van der Waals surface area contributed by atoms with Gasteiger partial charge in [0.05, 0.1) is 31.8 Å². The van der Waals surface area contributed by atoms with Crippen LogP contribution in [0.15, 0.2) is 47.3 Å². The Labute approximate surface area is 211 Å². The lowest BCUT2D eigenvalue weighted by Gasteiger charge is -2.40. The molecule has 2 aromatic carbocycles. The van der Waals surface area contributed by atoms with Crippen LogP contribution in [0, 0.1) is 0 Å². The molecule has 3 rings (SSSR count). The van der Waals surface area contributed by atoms with Crippen molar-refractivity contribution in [3.05, 3.63) is 63.9 Å². The van der Waals surface area contributed by atoms with Crippen LogP contribution in [-0.2, 0) is 11.0 Å². The van der Waals surface area contributed by atoms with Gasteiger partial charge in [-0.2, -0.15) is 0 Å². The third-order valence-electron chi connectivity index (χ3n) is 6.83. The van der Waals surface area contributed by atoms with Gasteiger partial charge >= 0.3 is 6.09 Å². The van der Waals surface area contributed by atoms with Crippen LogP contribution in [0.1, 0.15) is 38.0 Å². The standard InChI is InChI=1S/C26H35N3O6Si/c1-26(2,3)36(5,6)35-22(18-9-11-20(30)24-19(18)10-12-23(31)28-24)15-29(25(32)33)14-16-7-8-17(27)13-21(16)34-4/h7-13,22,30H,14-15,27H2,1-6H3,(H,28,31)(H,32,33)/t22-/m0/s1. The Balaban J connectivity index is 2.10. The van der Waals surface area contributed by atoms with Crippen LogP contribution in [0.25, 0.3) is 10.9 Å². The average molecular weight is 514 g/mol. The van der Waals surface area contributed by atoms with Gasteiger partial charge in [0, 0.05) is 28.8 Å². The fourth-order valence-corrected chi connectivity index (χ4v) is 5.05. The van der Waals surface area contributed by atoms with E-state index in [4.69, 9.17) is 14.9 Å². The van der Waals surface area contributed by atoms with E-state index in [1.165, 1.54) is 24.1 Å². The lowest BCUT2D eigenvalue weighted by atomic mass is 10.0. The van der Waals surface area contributed by atoms with Gasteiger partial charge in [-0.1, -0.05) is 32.9 Å². The number of ether oxygens (including phenoxy) is 1. The molecule has 0 spiro atoms. The van der Waals surface area contributed by atoms with Crippen LogP contribution in [0.3, 0.4) is 0 Å². The molecule has 194 valence electrons. The fourth-order valence-electron chi connectivity index (χ4n) is 3.78. The second-order valence-electron chi connectivity index (χ2n) is 10.4. The number of hydrogen-bond donors (Lipinski definition) is 4. The van der Waals surface area contributed by atoms with E-state index in [0.29, 0.717) is 28.0 Å². The monoisotopic (exact) mass is 513 g/mol. The third kappa shape index (κ3) is 5.82. The highest BCUT2D eigenvalue weighted by Crippen LogP contribution is 2.41. The number of aromatic nitrogens is 1. The predicted molar refractivity (Wildman–Crippen MR) is 143 cm³/mol. The summed E-state index contributed by atoms with van der Waals surface area (Å²) in [7, 11) is -0.867. The minimum Gasteiger partial charge on any atom is -0.506 e. The highest BCUT2D eigenvalue weighted by atomic mass is 28.4. The number of methoxy groups -OCH3 is 1. The number of nitrogens with two attached hydrogens (primary N) is 1. The minimum atomic E-state index is -2.38. The van der Waals surface area contributed by atoms with Crippen molar-refractivity contribution in [2.45, 2.75) is 51.6 Å². The molecule has 0 saturated heterocycles. The van der Waals surface area contributed by atoms with Crippen molar-refractivity contribution in [2.75, 3.05) is 19.4 Å². The summed E-state index contributed by atoms with van der Waals surface area (Å²) in [4.78, 5) is 28.3. The van der Waals surface area contributed by atoms with Gasteiger partial charge in [-0.15, -0.1) is 0 Å². The normalized spacial score (nSPS) is 12.9. The third-order valence-corrected chi connectivity index (χ3v) is 11.3. The zero-order chi connectivity index (χ0) is 26.8. The lowest BCUT2D eigenvalue weighted by Crippen LogP contribution is -2.44. The summed E-state index contributed by atoms with van der Waals surface area (Å²) in [6, 6.07) is 11.3. The Bertz CT molecular complexity index is 1320. The average Bonchev–Trinajstić information content (AvgIpc) is 2.78. The number of amides is 1. The number of phenols is 1. The van der Waals surface area contributed by atoms with Crippen molar-refractivity contribution in [3.8, 4) is 11.5 Å². The van der Waals surface area contributed by atoms with Crippen molar-refractivity contribution in [1.29, 1.82) is 0 Å². The van der Waals surface area contributed by atoms with Crippen LogP contribution >= 0.6 is 0 Å². The maximum Gasteiger partial charge on any atom is 0.407 e. The summed E-state index contributed by atoms with van der Waals surface area (Å²) < 4.78 is 12.2. The van der Waals surface area contributed by atoms with Crippen molar-refractivity contribution in [2.24, 2.45) is 0 Å². The van der Waals surface area contributed by atoms with Crippen LogP contribution in [0.5, 0.6) is 11.5 Å². The van der Waals surface area contributed by atoms with E-state index >= 15 is 0 Å². The second kappa shape index (κ2) is 10.2. The zero-order valence-corrected chi connectivity index (χ0v) is 22.6. The fraction of sp³-hybridized carbons (Fsp3) is 0.385. The number of benzene rings is 2. The van der Waals surface area contributed by atoms with Gasteiger partial charge in [0.1, 0.15) is 11.5 Å². The summed E-state index contributed by atoms with van der Waals surface area (Å²) in [6.45, 7) is 10.6. The van der Waals surface area contributed by atoms with Crippen LogP contribution in [-0.4, -0.2) is 48.2 Å². The summed E-state index contributed by atoms with van der Waals surface area (Å²) in [5.74, 6) is 0.426. The molecule has 9 nitrogen and oxygen atoms in total. The topological polar surface area (TPSA) is 138 Å². The van der Waals surface area contributed by atoms with Crippen molar-refractivity contribution < 1.29 is 24.2 Å². The van der Waals surface area contributed by atoms with Gasteiger partial charge in [0.15, 0.2) is 8.32 Å². The first-order valence-corrected chi connectivity index (χ1v) is 14.6. The first-order chi connectivity index (χ1) is 16.7. The number of rotatable bonds is 8. The van der Waals surface area contributed by atoms with Gasteiger partial charge < -0.3 is 35.0 Å². The molecular weight excluding hydrogens is 478 g/mol. The largest absolute Gasteiger partial charge is 0.506 e. The number of nitrogens with zero attached hydrogens (tertiary/aromatic N) is 1. The number of nitrogen functional groups attached to an aromatic ring is 1. The number of aromatic hydroxyl groups is 1. The highest BCUT2D eigenvalue weighted by Gasteiger charge is 2.40. The van der Waals surface area contributed by atoms with Crippen molar-refractivity contribution in [1.82, 2.24) is 9.88 Å². The number of H-pyrrole nitrogens is 1. The second-order valence-corrected chi connectivity index (χ2v) is 15.1. The van der Waals surface area contributed by atoms with E-state index in [1.807, 2.05) is 0 Å². The molecule has 10 heteroatoms. The van der Waals surface area contributed by atoms with Crippen LogP contribution < -0.4 is 16.0 Å². The number of pyridine rings is 1. The van der Waals surface area contributed by atoms with E-state index in [2.05, 4.69) is 38.8 Å². The molecule has 1 amide bonds. The summed E-state index contributed by atoms with van der Waals surface area (Å²) in [5.41, 5.74) is 7.66. The van der Waals surface area contributed by atoms with E-state index in [-0.39, 0.29) is 35.0 Å². The number of carboxylic acid groups (broad SMARTS) is 1. The predicted octanol–water partition coefficient (Wildman–Crippen LogP) is 5.07. The van der Waals surface area contributed by atoms with Gasteiger partial charge in [-0.25, -0.2) is 4.79 Å². The molecule has 5 N–H and O–H groups in total. The molecule has 1 atom stereocenters. The highest BCUT2D eigenvalue weighted by molar-refractivity contribution is 6.74. The quantitative estimate of drug-likeness (QED) is 0.244. The molecule has 0 fully saturated rings. The first-order valence-electron chi connectivity index (χ1n) is 11.7. The van der Waals surface area contributed by atoms with E-state index < -0.39 is 20.5 Å². The Morgan fingerprint density at radius 2 is 1.86 bits per heavy atom. The van der Waals surface area contributed by atoms with Crippen molar-refractivity contribution in [3.63, 3.8) is 0 Å². The molecule has 0 unspecified atom stereocenters. The number of fused-ring (bicyclic) bond motifs is 1. The number of aromatic amines is 1. The molecule has 36 heavy (non-hydrogen) atoms. The molecule has 0 bridgehead atoms. The number of carbonyl (C=O) groups is 1. The molecule has 3 aromatic rings. The van der Waals surface area contributed by atoms with Gasteiger partial charge in [0.2, 0.25) is 5.56 Å². The van der Waals surface area contributed by atoms with Gasteiger partial charge in [0.25, 0.3) is 0 Å². The van der Waals surface area contributed by atoms with Crippen LogP contribution in [0.2, 0.25) is 18.1 Å². The first kappa shape index (κ1) is 27.1. The maximum atomic E-state index is 12.4. The molecule has 1 aromatic heterocycles. The number of nitrogens with one attached hydrogen (secondary N) is 1. The smallest absolute Gasteiger partial charge is 0.407 e. The molecule has 0 aliphatic heterocycles. The Morgan fingerprint density at radius 3 is 2.47 bits per heavy atom. The molecule has 0 aliphatic rings. The maximum absolute atomic E-state index is 12.4. The molecule has 0 aliphatic carbocycles. The number of phenolic OH excluding ortho intramolecular Hbond substituents is 1. The number of anilines is 1. The molecule has 0 saturated carbocycles. The minimum absolute atomic E-state index is 0.0222. The Morgan fingerprint density at radius 1 is 1.17 bits per heavy atom.